The lowest BCUT2D eigenvalue weighted by atomic mass is 9.99. The maximum atomic E-state index is 5.99. The first-order valence-corrected chi connectivity index (χ1v) is 4.69. The van der Waals surface area contributed by atoms with Gasteiger partial charge in [-0.25, -0.2) is 0 Å². The SMILES string of the molecule is [CH2][C@@H](CC)c1cccc(Cl)c1Cl. The van der Waals surface area contributed by atoms with Gasteiger partial charge in [0.15, 0.2) is 0 Å². The van der Waals surface area contributed by atoms with E-state index < -0.39 is 0 Å². The largest absolute Gasteiger partial charge is 0.0827 e. The molecule has 0 N–H and O–H groups in total. The van der Waals surface area contributed by atoms with Gasteiger partial charge in [-0.15, -0.1) is 0 Å². The first kappa shape index (κ1) is 9.88. The van der Waals surface area contributed by atoms with Crippen molar-refractivity contribution in [1.82, 2.24) is 0 Å². The molecule has 1 atom stereocenters. The fraction of sp³-hybridized carbons (Fsp3) is 0.300. The number of halogens is 2. The van der Waals surface area contributed by atoms with Crippen molar-refractivity contribution in [3.63, 3.8) is 0 Å². The van der Waals surface area contributed by atoms with Crippen LogP contribution in [0.5, 0.6) is 0 Å². The van der Waals surface area contributed by atoms with E-state index in [0.29, 0.717) is 10.0 Å². The summed E-state index contributed by atoms with van der Waals surface area (Å²) in [4.78, 5) is 0. The lowest BCUT2D eigenvalue weighted by Crippen LogP contribution is -1.92. The van der Waals surface area contributed by atoms with Crippen LogP contribution < -0.4 is 0 Å². The van der Waals surface area contributed by atoms with Crippen molar-refractivity contribution in [1.29, 1.82) is 0 Å². The Morgan fingerprint density at radius 3 is 2.67 bits per heavy atom. The van der Waals surface area contributed by atoms with E-state index >= 15 is 0 Å². The molecule has 0 aliphatic heterocycles. The molecule has 0 saturated heterocycles. The summed E-state index contributed by atoms with van der Waals surface area (Å²) in [5.74, 6) is 0.233. The maximum Gasteiger partial charge on any atom is 0.0627 e. The Bertz CT molecular complexity index is 269. The Morgan fingerprint density at radius 2 is 2.08 bits per heavy atom. The second kappa shape index (κ2) is 4.15. The summed E-state index contributed by atoms with van der Waals surface area (Å²) in [6.07, 6.45) is 0.972. The topological polar surface area (TPSA) is 0 Å². The molecule has 1 rings (SSSR count). The quantitative estimate of drug-likeness (QED) is 0.669. The first-order valence-electron chi connectivity index (χ1n) is 3.93. The van der Waals surface area contributed by atoms with Crippen LogP contribution in [0.15, 0.2) is 18.2 Å². The van der Waals surface area contributed by atoms with Gasteiger partial charge in [-0.2, -0.15) is 0 Å². The molecule has 0 aromatic heterocycles. The Kier molecular flexibility index (Phi) is 3.42. The van der Waals surface area contributed by atoms with Crippen molar-refractivity contribution >= 4 is 23.2 Å². The zero-order valence-corrected chi connectivity index (χ0v) is 8.49. The van der Waals surface area contributed by atoms with Gasteiger partial charge in [0.2, 0.25) is 0 Å². The third-order valence-corrected chi connectivity index (χ3v) is 2.75. The van der Waals surface area contributed by atoms with Crippen LogP contribution in [0.4, 0.5) is 0 Å². The zero-order chi connectivity index (χ0) is 9.14. The molecule has 0 saturated carbocycles. The molecule has 0 unspecified atom stereocenters. The Morgan fingerprint density at radius 1 is 1.42 bits per heavy atom. The minimum atomic E-state index is 0.233. The van der Waals surface area contributed by atoms with Crippen molar-refractivity contribution < 1.29 is 0 Å². The van der Waals surface area contributed by atoms with Crippen molar-refractivity contribution in [3.8, 4) is 0 Å². The molecule has 1 aromatic rings. The van der Waals surface area contributed by atoms with E-state index in [1.54, 1.807) is 6.07 Å². The summed E-state index contributed by atoms with van der Waals surface area (Å²) < 4.78 is 0. The van der Waals surface area contributed by atoms with Crippen LogP contribution in [0.2, 0.25) is 10.0 Å². The third kappa shape index (κ3) is 1.94. The van der Waals surface area contributed by atoms with Crippen LogP contribution in [0.3, 0.4) is 0 Å². The van der Waals surface area contributed by atoms with E-state index in [2.05, 4.69) is 13.8 Å². The fourth-order valence-corrected chi connectivity index (χ4v) is 1.52. The minimum absolute atomic E-state index is 0.233. The van der Waals surface area contributed by atoms with E-state index in [9.17, 15) is 0 Å². The zero-order valence-electron chi connectivity index (χ0n) is 6.98. The average molecular weight is 202 g/mol. The highest BCUT2D eigenvalue weighted by atomic mass is 35.5. The minimum Gasteiger partial charge on any atom is -0.0827 e. The lowest BCUT2D eigenvalue weighted by Gasteiger charge is -2.11. The highest BCUT2D eigenvalue weighted by Gasteiger charge is 2.09. The monoisotopic (exact) mass is 201 g/mol. The van der Waals surface area contributed by atoms with Gasteiger partial charge in [0.25, 0.3) is 0 Å². The van der Waals surface area contributed by atoms with Gasteiger partial charge in [0.1, 0.15) is 0 Å². The van der Waals surface area contributed by atoms with Crippen LogP contribution >= 0.6 is 23.2 Å². The lowest BCUT2D eigenvalue weighted by molar-refractivity contribution is 0.802. The van der Waals surface area contributed by atoms with Gasteiger partial charge in [0, 0.05) is 0 Å². The fourth-order valence-electron chi connectivity index (χ4n) is 1.06. The van der Waals surface area contributed by atoms with Crippen molar-refractivity contribution in [3.05, 3.63) is 40.7 Å². The summed E-state index contributed by atoms with van der Waals surface area (Å²) in [7, 11) is 0. The summed E-state index contributed by atoms with van der Waals surface area (Å²) >= 11 is 11.9. The summed E-state index contributed by atoms with van der Waals surface area (Å²) in [6.45, 7) is 6.06. The van der Waals surface area contributed by atoms with Gasteiger partial charge >= 0.3 is 0 Å². The molecule has 1 radical (unpaired) electrons. The van der Waals surface area contributed by atoms with Gasteiger partial charge in [-0.1, -0.05) is 42.3 Å². The first-order chi connectivity index (χ1) is 5.66. The third-order valence-electron chi connectivity index (χ3n) is 1.91. The number of hydrogen-bond acceptors (Lipinski definition) is 0. The molecule has 2 heteroatoms. The van der Waals surface area contributed by atoms with Crippen LogP contribution in [0, 0.1) is 6.92 Å². The van der Waals surface area contributed by atoms with Crippen LogP contribution in [-0.2, 0) is 0 Å². The number of hydrogen-bond donors (Lipinski definition) is 0. The highest BCUT2D eigenvalue weighted by Crippen LogP contribution is 2.31. The normalized spacial score (nSPS) is 13.0. The van der Waals surface area contributed by atoms with Gasteiger partial charge in [-0.3, -0.25) is 0 Å². The molecule has 0 heterocycles. The molecule has 0 aliphatic carbocycles. The molecule has 12 heavy (non-hydrogen) atoms. The predicted octanol–water partition coefficient (Wildman–Crippen LogP) is 4.32. The smallest absolute Gasteiger partial charge is 0.0627 e. The Labute approximate surface area is 83.5 Å². The molecule has 1 aromatic carbocycles. The van der Waals surface area contributed by atoms with Crippen LogP contribution in [0.1, 0.15) is 24.8 Å². The van der Waals surface area contributed by atoms with Gasteiger partial charge in [0.05, 0.1) is 10.0 Å². The number of rotatable bonds is 2. The van der Waals surface area contributed by atoms with E-state index in [1.807, 2.05) is 12.1 Å². The Hall–Kier alpha value is -0.200. The van der Waals surface area contributed by atoms with Gasteiger partial charge < -0.3 is 0 Å². The second-order valence-electron chi connectivity index (χ2n) is 2.75. The average Bonchev–Trinajstić information content (AvgIpc) is 2.08. The summed E-state index contributed by atoms with van der Waals surface area (Å²) in [5, 5.41) is 1.25. The van der Waals surface area contributed by atoms with Crippen LogP contribution in [-0.4, -0.2) is 0 Å². The van der Waals surface area contributed by atoms with Gasteiger partial charge in [-0.05, 0) is 30.9 Å². The molecule has 0 aliphatic rings. The molecule has 0 amide bonds. The van der Waals surface area contributed by atoms with Crippen LogP contribution in [0.25, 0.3) is 0 Å². The van der Waals surface area contributed by atoms with E-state index in [4.69, 9.17) is 23.2 Å². The molecule has 65 valence electrons. The summed E-state index contributed by atoms with van der Waals surface area (Å²) in [5.41, 5.74) is 1.03. The Balaban J connectivity index is 3.07. The molecule has 0 bridgehead atoms. The van der Waals surface area contributed by atoms with E-state index in [1.165, 1.54) is 0 Å². The number of benzene rings is 1. The summed E-state index contributed by atoms with van der Waals surface area (Å²) in [6, 6.07) is 5.66. The molecule has 0 nitrogen and oxygen atoms in total. The van der Waals surface area contributed by atoms with E-state index in [-0.39, 0.29) is 5.92 Å². The molecular weight excluding hydrogens is 191 g/mol. The highest BCUT2D eigenvalue weighted by molar-refractivity contribution is 6.42. The van der Waals surface area contributed by atoms with Crippen molar-refractivity contribution in [2.24, 2.45) is 0 Å². The predicted molar refractivity (Wildman–Crippen MR) is 54.9 cm³/mol. The van der Waals surface area contributed by atoms with E-state index in [0.717, 1.165) is 12.0 Å². The standard InChI is InChI=1S/C10H11Cl2/c1-3-7(2)8-5-4-6-9(11)10(8)12/h4-7H,2-3H2,1H3/t7-/m0/s1. The maximum absolute atomic E-state index is 5.99. The molecular formula is C10H11Cl2. The molecule has 0 spiro atoms. The second-order valence-corrected chi connectivity index (χ2v) is 3.53. The van der Waals surface area contributed by atoms with Crippen molar-refractivity contribution in [2.75, 3.05) is 0 Å². The van der Waals surface area contributed by atoms with Crippen molar-refractivity contribution in [2.45, 2.75) is 19.3 Å². The molecule has 0 fully saturated rings.